The summed E-state index contributed by atoms with van der Waals surface area (Å²) in [6.07, 6.45) is -1.01. The summed E-state index contributed by atoms with van der Waals surface area (Å²) in [7, 11) is 0. The van der Waals surface area contributed by atoms with E-state index in [1.807, 2.05) is 0 Å². The first-order chi connectivity index (χ1) is 7.92. The molecule has 17 heavy (non-hydrogen) atoms. The summed E-state index contributed by atoms with van der Waals surface area (Å²) in [5, 5.41) is 13.3. The van der Waals surface area contributed by atoms with E-state index in [1.165, 1.54) is 0 Å². The molecule has 1 fully saturated rings. The number of alkyl halides is 3. The maximum Gasteiger partial charge on any atom is 0.405 e. The van der Waals surface area contributed by atoms with Crippen molar-refractivity contribution in [2.75, 3.05) is 13.2 Å². The van der Waals surface area contributed by atoms with Crippen LogP contribution in [0.1, 0.15) is 25.7 Å². The fraction of sp³-hybridized carbons (Fsp3) is 0.900. The lowest BCUT2D eigenvalue weighted by Gasteiger charge is -2.30. The summed E-state index contributed by atoms with van der Waals surface area (Å²) in [6, 6.07) is -1.06. The van der Waals surface area contributed by atoms with Crippen LogP contribution in [0.2, 0.25) is 0 Å². The van der Waals surface area contributed by atoms with Crippen LogP contribution in [0.4, 0.5) is 18.0 Å². The first-order valence-corrected chi connectivity index (χ1v) is 5.64. The van der Waals surface area contributed by atoms with Gasteiger partial charge in [0.15, 0.2) is 0 Å². The van der Waals surface area contributed by atoms with Gasteiger partial charge in [0.05, 0.1) is 0 Å². The Bertz CT molecular complexity index is 258. The van der Waals surface area contributed by atoms with Crippen LogP contribution in [0.25, 0.3) is 0 Å². The molecule has 3 N–H and O–H groups in total. The fourth-order valence-electron chi connectivity index (χ4n) is 2.02. The van der Waals surface area contributed by atoms with Crippen LogP contribution in [-0.4, -0.2) is 36.5 Å². The van der Waals surface area contributed by atoms with Crippen molar-refractivity contribution >= 4 is 6.03 Å². The van der Waals surface area contributed by atoms with Gasteiger partial charge in [0, 0.05) is 18.6 Å². The molecule has 1 saturated carbocycles. The number of amides is 2. The van der Waals surface area contributed by atoms with E-state index in [2.05, 4.69) is 5.32 Å². The van der Waals surface area contributed by atoms with Gasteiger partial charge in [-0.2, -0.15) is 13.2 Å². The number of halogens is 3. The van der Waals surface area contributed by atoms with E-state index in [9.17, 15) is 18.0 Å². The van der Waals surface area contributed by atoms with Gasteiger partial charge in [-0.05, 0) is 12.8 Å². The predicted molar refractivity (Wildman–Crippen MR) is 55.4 cm³/mol. The van der Waals surface area contributed by atoms with Crippen molar-refractivity contribution in [1.29, 1.82) is 0 Å². The second-order valence-electron chi connectivity index (χ2n) is 4.28. The van der Waals surface area contributed by atoms with Crippen LogP contribution in [-0.2, 0) is 0 Å². The molecule has 0 aromatic rings. The van der Waals surface area contributed by atoms with Crippen LogP contribution in [0.3, 0.4) is 0 Å². The van der Waals surface area contributed by atoms with Crippen LogP contribution in [0.5, 0.6) is 0 Å². The Morgan fingerprint density at radius 1 is 1.29 bits per heavy atom. The van der Waals surface area contributed by atoms with E-state index in [0.29, 0.717) is 6.42 Å². The molecule has 0 aliphatic heterocycles. The summed E-state index contributed by atoms with van der Waals surface area (Å²) in [5.41, 5.74) is 0. The fourth-order valence-corrected chi connectivity index (χ4v) is 2.02. The van der Waals surface area contributed by atoms with E-state index in [-0.39, 0.29) is 18.6 Å². The molecule has 2 atom stereocenters. The zero-order valence-electron chi connectivity index (χ0n) is 9.39. The number of urea groups is 1. The number of rotatable bonds is 3. The molecule has 4 nitrogen and oxygen atoms in total. The molecule has 0 aromatic carbocycles. The highest BCUT2D eigenvalue weighted by atomic mass is 19.4. The summed E-state index contributed by atoms with van der Waals surface area (Å²) in [4.78, 5) is 11.2. The van der Waals surface area contributed by atoms with Crippen molar-refractivity contribution in [2.45, 2.75) is 37.9 Å². The van der Waals surface area contributed by atoms with Gasteiger partial charge in [0.2, 0.25) is 0 Å². The Morgan fingerprint density at radius 2 is 1.94 bits per heavy atom. The zero-order chi connectivity index (χ0) is 12.9. The van der Waals surface area contributed by atoms with E-state index >= 15 is 0 Å². The molecule has 2 amide bonds. The van der Waals surface area contributed by atoms with Crippen LogP contribution >= 0.6 is 0 Å². The van der Waals surface area contributed by atoms with Gasteiger partial charge >= 0.3 is 12.2 Å². The van der Waals surface area contributed by atoms with Gasteiger partial charge < -0.3 is 15.7 Å². The zero-order valence-corrected chi connectivity index (χ0v) is 9.39. The first-order valence-electron chi connectivity index (χ1n) is 5.64. The van der Waals surface area contributed by atoms with Crippen molar-refractivity contribution < 1.29 is 23.1 Å². The van der Waals surface area contributed by atoms with Gasteiger partial charge in [-0.1, -0.05) is 12.8 Å². The van der Waals surface area contributed by atoms with Gasteiger partial charge in [-0.3, -0.25) is 0 Å². The molecule has 1 aliphatic rings. The van der Waals surface area contributed by atoms with Gasteiger partial charge in [0.25, 0.3) is 0 Å². The minimum absolute atomic E-state index is 0.0514. The highest BCUT2D eigenvalue weighted by molar-refractivity contribution is 5.74. The maximum absolute atomic E-state index is 11.9. The number of nitrogens with one attached hydrogen (secondary N) is 2. The average molecular weight is 254 g/mol. The molecule has 0 aromatic heterocycles. The van der Waals surface area contributed by atoms with Crippen LogP contribution in [0, 0.1) is 5.92 Å². The van der Waals surface area contributed by atoms with Crippen molar-refractivity contribution in [3.05, 3.63) is 0 Å². The lowest BCUT2D eigenvalue weighted by molar-refractivity contribution is -0.122. The maximum atomic E-state index is 11.9. The Labute approximate surface area is 97.6 Å². The van der Waals surface area contributed by atoms with Crippen LogP contribution < -0.4 is 10.6 Å². The van der Waals surface area contributed by atoms with Gasteiger partial charge in [-0.15, -0.1) is 0 Å². The summed E-state index contributed by atoms with van der Waals surface area (Å²) >= 11 is 0. The third-order valence-electron chi connectivity index (χ3n) is 2.91. The van der Waals surface area contributed by atoms with E-state index in [1.54, 1.807) is 5.32 Å². The number of hydrogen-bond donors (Lipinski definition) is 3. The van der Waals surface area contributed by atoms with Gasteiger partial charge in [-0.25, -0.2) is 4.79 Å². The summed E-state index contributed by atoms with van der Waals surface area (Å²) in [6.45, 7) is -1.39. The highest BCUT2D eigenvalue weighted by Crippen LogP contribution is 2.23. The Hall–Kier alpha value is -0.980. The molecule has 1 aliphatic carbocycles. The number of hydrogen-bond acceptors (Lipinski definition) is 2. The predicted octanol–water partition coefficient (Wildman–Crippen LogP) is 1.40. The topological polar surface area (TPSA) is 61.4 Å². The molecule has 0 bridgehead atoms. The molecule has 0 saturated heterocycles. The molecule has 100 valence electrons. The second-order valence-corrected chi connectivity index (χ2v) is 4.28. The van der Waals surface area contributed by atoms with Crippen LogP contribution in [0.15, 0.2) is 0 Å². The van der Waals surface area contributed by atoms with Crippen molar-refractivity contribution in [3.8, 4) is 0 Å². The normalized spacial score (nSPS) is 25.4. The molecular weight excluding hydrogens is 237 g/mol. The Balaban J connectivity index is 2.33. The summed E-state index contributed by atoms with van der Waals surface area (Å²) < 4.78 is 35.6. The monoisotopic (exact) mass is 254 g/mol. The van der Waals surface area contributed by atoms with Gasteiger partial charge in [0.1, 0.15) is 6.54 Å². The van der Waals surface area contributed by atoms with E-state index in [0.717, 1.165) is 19.3 Å². The number of aliphatic hydroxyl groups is 1. The third-order valence-corrected chi connectivity index (χ3v) is 2.91. The van der Waals surface area contributed by atoms with Crippen molar-refractivity contribution in [3.63, 3.8) is 0 Å². The molecule has 0 spiro atoms. The third kappa shape index (κ3) is 5.25. The minimum Gasteiger partial charge on any atom is -0.396 e. The first kappa shape index (κ1) is 14.1. The molecule has 0 radical (unpaired) electrons. The quantitative estimate of drug-likeness (QED) is 0.713. The highest BCUT2D eigenvalue weighted by Gasteiger charge is 2.29. The van der Waals surface area contributed by atoms with Crippen molar-refractivity contribution in [2.24, 2.45) is 5.92 Å². The standard InChI is InChI=1S/C10H17F3N2O2/c11-10(12,13)6-14-9(17)15-8-4-2-1-3-7(8)5-16/h7-8,16H,1-6H2,(H2,14,15,17). The number of carbonyl (C=O) groups excluding carboxylic acids is 1. The summed E-state index contributed by atoms with van der Waals surface area (Å²) in [5.74, 6) is -0.0552. The lowest BCUT2D eigenvalue weighted by Crippen LogP contribution is -2.49. The molecule has 2 unspecified atom stereocenters. The minimum atomic E-state index is -4.40. The molecule has 7 heteroatoms. The smallest absolute Gasteiger partial charge is 0.396 e. The Morgan fingerprint density at radius 3 is 2.53 bits per heavy atom. The molecule has 0 heterocycles. The van der Waals surface area contributed by atoms with E-state index < -0.39 is 18.8 Å². The van der Waals surface area contributed by atoms with E-state index in [4.69, 9.17) is 5.11 Å². The molecular formula is C10H17F3N2O2. The number of carbonyl (C=O) groups is 1. The second kappa shape index (κ2) is 6.09. The molecule has 1 rings (SSSR count). The lowest BCUT2D eigenvalue weighted by atomic mass is 9.85. The average Bonchev–Trinajstić information content (AvgIpc) is 2.26. The Kier molecular flexibility index (Phi) is 5.04. The SMILES string of the molecule is O=C(NCC(F)(F)F)NC1CCCCC1CO. The van der Waals surface area contributed by atoms with Crippen molar-refractivity contribution in [1.82, 2.24) is 10.6 Å². The number of aliphatic hydroxyl groups excluding tert-OH is 1. The largest absolute Gasteiger partial charge is 0.405 e.